The predicted molar refractivity (Wildman–Crippen MR) is 124 cm³/mol. The fourth-order valence-corrected chi connectivity index (χ4v) is 4.57. The Morgan fingerprint density at radius 2 is 1.97 bits per heavy atom. The number of nitrogens with zero attached hydrogens (tertiary/aromatic N) is 4. The number of fused-ring (bicyclic) bond motifs is 1. The van der Waals surface area contributed by atoms with Crippen LogP contribution in [0.15, 0.2) is 35.0 Å². The quantitative estimate of drug-likeness (QED) is 0.256. The van der Waals surface area contributed by atoms with Crippen LogP contribution in [0.2, 0.25) is 0 Å². The second kappa shape index (κ2) is 9.98. The Balaban J connectivity index is 1.39. The number of likely N-dealkylation sites (tertiary alicyclic amines) is 1. The van der Waals surface area contributed by atoms with Crippen LogP contribution < -0.4 is 5.73 Å². The molecule has 4 rings (SSSR count). The lowest BCUT2D eigenvalue weighted by Gasteiger charge is -2.21. The van der Waals surface area contributed by atoms with E-state index in [0.29, 0.717) is 11.7 Å². The Hall–Kier alpha value is -2.83. The number of unbranched alkanes of at least 4 members (excludes halogenated alkanes) is 6. The highest BCUT2D eigenvalue weighted by Crippen LogP contribution is 2.32. The molecule has 0 aliphatic carbocycles. The largest absolute Gasteiger partial charge is 0.370 e. The van der Waals surface area contributed by atoms with Gasteiger partial charge in [-0.05, 0) is 43.5 Å². The highest BCUT2D eigenvalue weighted by Gasteiger charge is 2.31. The van der Waals surface area contributed by atoms with Crippen LogP contribution in [0.5, 0.6) is 0 Å². The van der Waals surface area contributed by atoms with Gasteiger partial charge in [-0.25, -0.2) is 0 Å². The van der Waals surface area contributed by atoms with Crippen LogP contribution in [0.3, 0.4) is 0 Å². The fourth-order valence-electron chi connectivity index (χ4n) is 4.57. The smallest absolute Gasteiger partial charge is 0.249 e. The maximum absolute atomic E-state index is 7.74. The molecule has 0 saturated carbocycles. The minimum atomic E-state index is -0.0921. The number of hydrogen-bond donors (Lipinski definition) is 2. The van der Waals surface area contributed by atoms with Crippen molar-refractivity contribution in [3.63, 3.8) is 0 Å². The van der Waals surface area contributed by atoms with Crippen LogP contribution in [-0.4, -0.2) is 32.1 Å². The molecule has 2 aromatic heterocycles. The molecule has 0 spiro atoms. The number of rotatable bonds is 10. The van der Waals surface area contributed by atoms with Gasteiger partial charge in [0.15, 0.2) is 5.96 Å². The molecule has 1 aliphatic rings. The molecule has 166 valence electrons. The lowest BCUT2D eigenvalue weighted by molar-refractivity contribution is 0.283. The highest BCUT2D eigenvalue weighted by atomic mass is 16.5. The number of aromatic nitrogens is 3. The zero-order valence-electron chi connectivity index (χ0n) is 18.5. The summed E-state index contributed by atoms with van der Waals surface area (Å²) in [6, 6.07) is 8.41. The summed E-state index contributed by atoms with van der Waals surface area (Å²) in [5, 5.41) is 13.1. The molecule has 1 fully saturated rings. The number of guanidine groups is 1. The van der Waals surface area contributed by atoms with Crippen LogP contribution >= 0.6 is 0 Å². The van der Waals surface area contributed by atoms with Crippen molar-refractivity contribution in [2.75, 3.05) is 6.54 Å². The number of aryl methyl sites for hydroxylation is 1. The molecule has 1 saturated heterocycles. The van der Waals surface area contributed by atoms with Gasteiger partial charge in [0, 0.05) is 35.8 Å². The van der Waals surface area contributed by atoms with Crippen molar-refractivity contribution in [3.05, 3.63) is 36.4 Å². The molecule has 0 radical (unpaired) electrons. The molecule has 31 heavy (non-hydrogen) atoms. The van der Waals surface area contributed by atoms with Gasteiger partial charge < -0.3 is 19.7 Å². The molecular formula is C24H34N6O. The second-order valence-electron chi connectivity index (χ2n) is 8.60. The summed E-state index contributed by atoms with van der Waals surface area (Å²) in [5.41, 5.74) is 7.89. The molecule has 0 bridgehead atoms. The summed E-state index contributed by atoms with van der Waals surface area (Å²) in [6.45, 7) is 4.08. The van der Waals surface area contributed by atoms with E-state index in [1.165, 1.54) is 55.8 Å². The maximum atomic E-state index is 7.74. The summed E-state index contributed by atoms with van der Waals surface area (Å²) in [6.07, 6.45) is 13.3. The van der Waals surface area contributed by atoms with E-state index in [4.69, 9.17) is 15.7 Å². The summed E-state index contributed by atoms with van der Waals surface area (Å²) in [7, 11) is 0. The number of hydrogen-bond acceptors (Lipinski definition) is 4. The maximum Gasteiger partial charge on any atom is 0.249 e. The first-order valence-electron chi connectivity index (χ1n) is 11.7. The van der Waals surface area contributed by atoms with E-state index in [0.717, 1.165) is 31.5 Å². The molecule has 0 amide bonds. The monoisotopic (exact) mass is 422 g/mol. The van der Waals surface area contributed by atoms with Crippen LogP contribution in [0.1, 0.15) is 76.6 Å². The third-order valence-corrected chi connectivity index (χ3v) is 6.32. The molecule has 1 atom stereocenters. The number of nitrogens with one attached hydrogen (secondary N) is 1. The van der Waals surface area contributed by atoms with E-state index in [-0.39, 0.29) is 12.0 Å². The van der Waals surface area contributed by atoms with Crippen molar-refractivity contribution in [1.29, 1.82) is 5.41 Å². The van der Waals surface area contributed by atoms with Gasteiger partial charge >= 0.3 is 0 Å². The van der Waals surface area contributed by atoms with E-state index >= 15 is 0 Å². The van der Waals surface area contributed by atoms with Gasteiger partial charge in [-0.1, -0.05) is 50.6 Å². The van der Waals surface area contributed by atoms with E-state index in [9.17, 15) is 0 Å². The molecule has 3 heterocycles. The number of nitrogens with two attached hydrogens (primary N) is 1. The van der Waals surface area contributed by atoms with Crippen molar-refractivity contribution < 1.29 is 4.52 Å². The molecular weight excluding hydrogens is 388 g/mol. The first kappa shape index (κ1) is 21.4. The molecule has 1 aliphatic heterocycles. The minimum Gasteiger partial charge on any atom is -0.370 e. The molecule has 7 nitrogen and oxygen atoms in total. The average Bonchev–Trinajstić information content (AvgIpc) is 3.51. The highest BCUT2D eigenvalue weighted by molar-refractivity contribution is 5.84. The Kier molecular flexibility index (Phi) is 6.89. The van der Waals surface area contributed by atoms with E-state index in [1.54, 1.807) is 0 Å². The Labute approximate surface area is 184 Å². The van der Waals surface area contributed by atoms with E-state index in [1.807, 2.05) is 4.90 Å². The van der Waals surface area contributed by atoms with Gasteiger partial charge in [-0.3, -0.25) is 5.41 Å². The zero-order chi connectivity index (χ0) is 21.6. The lowest BCUT2D eigenvalue weighted by Crippen LogP contribution is -2.35. The standard InChI is InChI=1S/C24H34N6O/c1-2-3-4-5-6-7-8-14-29-16-13-18-17-19(11-12-20(18)29)22-27-23(31-28-22)21-10-9-15-30(21)24(25)26/h11-13,16-17,21H,2-10,14-15H2,1H3,(H3,25,26)/t21-/m0/s1. The topological polar surface area (TPSA) is 97.0 Å². The number of benzene rings is 1. The molecule has 1 aromatic carbocycles. The van der Waals surface area contributed by atoms with Gasteiger partial charge in [0.25, 0.3) is 0 Å². The molecule has 0 unspecified atom stereocenters. The Bertz CT molecular complexity index is 1010. The van der Waals surface area contributed by atoms with Crippen LogP contribution in [0.4, 0.5) is 0 Å². The van der Waals surface area contributed by atoms with Crippen molar-refractivity contribution in [1.82, 2.24) is 19.6 Å². The Morgan fingerprint density at radius 3 is 2.77 bits per heavy atom. The summed E-state index contributed by atoms with van der Waals surface area (Å²) in [5.74, 6) is 1.19. The SMILES string of the molecule is CCCCCCCCCn1ccc2cc(-c3noc([C@@H]4CCCN4C(=N)N)n3)ccc21. The summed E-state index contributed by atoms with van der Waals surface area (Å²) >= 11 is 0. The normalized spacial score (nSPS) is 16.4. The third kappa shape index (κ3) is 4.92. The van der Waals surface area contributed by atoms with Crippen LogP contribution in [-0.2, 0) is 6.54 Å². The van der Waals surface area contributed by atoms with Gasteiger partial charge in [0.05, 0.1) is 0 Å². The molecule has 7 heteroatoms. The lowest BCUT2D eigenvalue weighted by atomic mass is 10.1. The van der Waals surface area contributed by atoms with Crippen molar-refractivity contribution in [2.24, 2.45) is 5.73 Å². The van der Waals surface area contributed by atoms with E-state index in [2.05, 4.69) is 52.1 Å². The summed E-state index contributed by atoms with van der Waals surface area (Å²) < 4.78 is 7.88. The van der Waals surface area contributed by atoms with Gasteiger partial charge in [-0.2, -0.15) is 4.98 Å². The van der Waals surface area contributed by atoms with Gasteiger partial charge in [0.1, 0.15) is 6.04 Å². The predicted octanol–water partition coefficient (Wildman–Crippen LogP) is 5.47. The average molecular weight is 423 g/mol. The summed E-state index contributed by atoms with van der Waals surface area (Å²) in [4.78, 5) is 6.45. The fraction of sp³-hybridized carbons (Fsp3) is 0.542. The first-order chi connectivity index (χ1) is 15.2. The van der Waals surface area contributed by atoms with Crippen molar-refractivity contribution >= 4 is 16.9 Å². The molecule has 3 aromatic rings. The third-order valence-electron chi connectivity index (χ3n) is 6.32. The zero-order valence-corrected chi connectivity index (χ0v) is 18.5. The second-order valence-corrected chi connectivity index (χ2v) is 8.60. The van der Waals surface area contributed by atoms with Crippen LogP contribution in [0, 0.1) is 5.41 Å². The van der Waals surface area contributed by atoms with Gasteiger partial charge in [-0.15, -0.1) is 0 Å². The van der Waals surface area contributed by atoms with Crippen molar-refractivity contribution in [3.8, 4) is 11.4 Å². The minimum absolute atomic E-state index is 0.0611. The van der Waals surface area contributed by atoms with Gasteiger partial charge in [0.2, 0.25) is 11.7 Å². The van der Waals surface area contributed by atoms with Crippen LogP contribution in [0.25, 0.3) is 22.3 Å². The van der Waals surface area contributed by atoms with E-state index < -0.39 is 0 Å². The molecule has 3 N–H and O–H groups in total. The first-order valence-corrected chi connectivity index (χ1v) is 11.7. The Morgan fingerprint density at radius 1 is 1.16 bits per heavy atom. The van der Waals surface area contributed by atoms with Crippen molar-refractivity contribution in [2.45, 2.75) is 77.3 Å².